The minimum absolute atomic E-state index is 0.0375. The van der Waals surface area contributed by atoms with Gasteiger partial charge in [-0.3, -0.25) is 9.69 Å². The second kappa shape index (κ2) is 14.3. The summed E-state index contributed by atoms with van der Waals surface area (Å²) in [7, 11) is 3.25. The van der Waals surface area contributed by atoms with Crippen molar-refractivity contribution in [3.8, 4) is 11.5 Å². The lowest BCUT2D eigenvalue weighted by Gasteiger charge is -2.38. The molecule has 4 atom stereocenters. The van der Waals surface area contributed by atoms with Gasteiger partial charge in [-0.25, -0.2) is 4.79 Å². The molecule has 2 aliphatic heterocycles. The minimum atomic E-state index is -1.08. The molecule has 2 heterocycles. The first kappa shape index (κ1) is 32.1. The lowest BCUT2D eigenvalue weighted by Crippen LogP contribution is -2.60. The molecule has 0 aromatic heterocycles. The standard InChI is InChI=1S/C37H39N3O7/c1-44-29-17-13-27(14-18-29)37(26-11-7-4-8-12-26,28-15-19-30(45-2)20-16-28)46-24-32-31(41)23-34(47-32)40-22-21-33(39-36(40)43)38-35(42)25-9-5-3-6-10-25/h3-20,31-34,41H,21-24H2,1-2H3,(H,38,42)(H,39,43)/t31-,32+,33?,34+/m0/s1. The van der Waals surface area contributed by atoms with Gasteiger partial charge in [0.1, 0.15) is 35.6 Å². The van der Waals surface area contributed by atoms with Crippen molar-refractivity contribution < 1.29 is 33.6 Å². The van der Waals surface area contributed by atoms with E-state index in [9.17, 15) is 14.7 Å². The van der Waals surface area contributed by atoms with Gasteiger partial charge < -0.3 is 34.7 Å². The van der Waals surface area contributed by atoms with Crippen LogP contribution in [0.2, 0.25) is 0 Å². The summed E-state index contributed by atoms with van der Waals surface area (Å²) < 4.78 is 24.1. The Kier molecular flexibility index (Phi) is 9.72. The van der Waals surface area contributed by atoms with E-state index in [1.165, 1.54) is 0 Å². The maximum Gasteiger partial charge on any atom is 0.321 e. The molecule has 3 N–H and O–H groups in total. The van der Waals surface area contributed by atoms with Crippen molar-refractivity contribution in [3.63, 3.8) is 0 Å². The highest BCUT2D eigenvalue weighted by molar-refractivity contribution is 5.94. The number of hydrogen-bond donors (Lipinski definition) is 3. The molecule has 3 amide bonds. The molecule has 0 bridgehead atoms. The van der Waals surface area contributed by atoms with E-state index in [0.717, 1.165) is 16.7 Å². The molecule has 4 aromatic rings. The van der Waals surface area contributed by atoms with Crippen LogP contribution in [0.3, 0.4) is 0 Å². The third-order valence-electron chi connectivity index (χ3n) is 8.75. The number of aliphatic hydroxyl groups excluding tert-OH is 1. The fourth-order valence-electron chi connectivity index (χ4n) is 6.23. The Balaban J connectivity index is 1.20. The summed E-state index contributed by atoms with van der Waals surface area (Å²) in [6.07, 6.45) is -2.04. The lowest BCUT2D eigenvalue weighted by molar-refractivity contribution is -0.104. The van der Waals surface area contributed by atoms with Crippen molar-refractivity contribution in [2.24, 2.45) is 0 Å². The topological polar surface area (TPSA) is 119 Å². The van der Waals surface area contributed by atoms with Gasteiger partial charge in [0.05, 0.1) is 26.9 Å². The monoisotopic (exact) mass is 637 g/mol. The predicted molar refractivity (Wildman–Crippen MR) is 175 cm³/mol. The molecule has 47 heavy (non-hydrogen) atoms. The van der Waals surface area contributed by atoms with Crippen molar-refractivity contribution in [3.05, 3.63) is 131 Å². The summed E-state index contributed by atoms with van der Waals surface area (Å²) in [6.45, 7) is 0.387. The first-order valence-electron chi connectivity index (χ1n) is 15.7. The molecule has 10 nitrogen and oxygen atoms in total. The fraction of sp³-hybridized carbons (Fsp3) is 0.297. The summed E-state index contributed by atoms with van der Waals surface area (Å²) >= 11 is 0. The van der Waals surface area contributed by atoms with Gasteiger partial charge in [0.25, 0.3) is 5.91 Å². The summed E-state index contributed by atoms with van der Waals surface area (Å²) in [6, 6.07) is 33.8. The number of aliphatic hydroxyl groups is 1. The van der Waals surface area contributed by atoms with Crippen molar-refractivity contribution in [1.82, 2.24) is 15.5 Å². The van der Waals surface area contributed by atoms with Gasteiger partial charge in [0.2, 0.25) is 0 Å². The number of amides is 3. The molecule has 0 saturated carbocycles. The van der Waals surface area contributed by atoms with Gasteiger partial charge in [-0.05, 0) is 53.1 Å². The Hall–Kier alpha value is -4.90. The van der Waals surface area contributed by atoms with Crippen LogP contribution in [-0.2, 0) is 15.1 Å². The maximum atomic E-state index is 13.1. The Bertz CT molecular complexity index is 1590. The minimum Gasteiger partial charge on any atom is -0.497 e. The van der Waals surface area contributed by atoms with Crippen molar-refractivity contribution in [2.45, 2.75) is 43.0 Å². The van der Waals surface area contributed by atoms with E-state index in [-0.39, 0.29) is 25.0 Å². The number of methoxy groups -OCH3 is 2. The predicted octanol–water partition coefficient (Wildman–Crippen LogP) is 4.66. The number of benzene rings is 4. The first-order chi connectivity index (χ1) is 22.9. The van der Waals surface area contributed by atoms with Gasteiger partial charge in [0, 0.05) is 24.9 Å². The molecule has 1 unspecified atom stereocenters. The van der Waals surface area contributed by atoms with Gasteiger partial charge in [0.15, 0.2) is 0 Å². The Labute approximate surface area is 274 Å². The van der Waals surface area contributed by atoms with Crippen LogP contribution in [-0.4, -0.2) is 73.9 Å². The molecule has 2 fully saturated rings. The molecule has 2 aliphatic rings. The van der Waals surface area contributed by atoms with Crippen LogP contribution in [0.4, 0.5) is 4.79 Å². The largest absolute Gasteiger partial charge is 0.497 e. The number of carbonyl (C=O) groups is 2. The highest BCUT2D eigenvalue weighted by Crippen LogP contribution is 2.42. The van der Waals surface area contributed by atoms with Gasteiger partial charge >= 0.3 is 6.03 Å². The number of rotatable bonds is 11. The molecule has 4 aromatic carbocycles. The number of carbonyl (C=O) groups excluding carboxylic acids is 2. The Morgan fingerprint density at radius 2 is 1.43 bits per heavy atom. The number of ether oxygens (including phenoxy) is 4. The van der Waals surface area contributed by atoms with Crippen LogP contribution in [0, 0.1) is 0 Å². The highest BCUT2D eigenvalue weighted by atomic mass is 16.6. The van der Waals surface area contributed by atoms with Crippen LogP contribution in [0.5, 0.6) is 11.5 Å². The van der Waals surface area contributed by atoms with Crippen LogP contribution >= 0.6 is 0 Å². The van der Waals surface area contributed by atoms with E-state index in [1.54, 1.807) is 43.4 Å². The van der Waals surface area contributed by atoms with E-state index in [4.69, 9.17) is 18.9 Å². The zero-order chi connectivity index (χ0) is 32.8. The van der Waals surface area contributed by atoms with E-state index in [2.05, 4.69) is 10.6 Å². The van der Waals surface area contributed by atoms with Gasteiger partial charge in [-0.15, -0.1) is 0 Å². The van der Waals surface area contributed by atoms with Crippen molar-refractivity contribution >= 4 is 11.9 Å². The van der Waals surface area contributed by atoms with Gasteiger partial charge in [-0.2, -0.15) is 0 Å². The third kappa shape index (κ3) is 6.80. The van der Waals surface area contributed by atoms with Crippen LogP contribution in [0.1, 0.15) is 39.9 Å². The van der Waals surface area contributed by atoms with E-state index in [1.807, 2.05) is 84.9 Å². The summed E-state index contributed by atoms with van der Waals surface area (Å²) in [5.74, 6) is 1.17. The molecular formula is C37H39N3O7. The number of nitrogens with zero attached hydrogens (tertiary/aromatic N) is 1. The van der Waals surface area contributed by atoms with Crippen molar-refractivity contribution in [1.29, 1.82) is 0 Å². The van der Waals surface area contributed by atoms with Gasteiger partial charge in [-0.1, -0.05) is 72.8 Å². The summed E-state index contributed by atoms with van der Waals surface area (Å²) in [5.41, 5.74) is 2.05. The molecule has 244 valence electrons. The van der Waals surface area contributed by atoms with Crippen LogP contribution < -0.4 is 20.1 Å². The zero-order valence-electron chi connectivity index (χ0n) is 26.4. The average molecular weight is 638 g/mol. The SMILES string of the molecule is COc1ccc(C(OC[C@H]2O[C@@H](N3CCC(NC(=O)c4ccccc4)NC3=O)C[C@@H]2O)(c2ccccc2)c2ccc(OC)cc2)cc1. The smallest absolute Gasteiger partial charge is 0.321 e. The second-order valence-electron chi connectivity index (χ2n) is 11.6. The molecule has 0 aliphatic carbocycles. The molecule has 6 rings (SSSR count). The Morgan fingerprint density at radius 3 is 1.98 bits per heavy atom. The maximum absolute atomic E-state index is 13.1. The molecule has 10 heteroatoms. The third-order valence-corrected chi connectivity index (χ3v) is 8.75. The van der Waals surface area contributed by atoms with Crippen LogP contribution in [0.15, 0.2) is 109 Å². The number of hydrogen-bond acceptors (Lipinski definition) is 7. The first-order valence-corrected chi connectivity index (χ1v) is 15.7. The molecule has 0 radical (unpaired) electrons. The van der Waals surface area contributed by atoms with Crippen LogP contribution in [0.25, 0.3) is 0 Å². The molecule has 2 saturated heterocycles. The summed E-state index contributed by atoms with van der Waals surface area (Å²) in [5, 5.41) is 16.9. The van der Waals surface area contributed by atoms with Crippen molar-refractivity contribution in [2.75, 3.05) is 27.4 Å². The number of nitrogens with one attached hydrogen (secondary N) is 2. The summed E-state index contributed by atoms with van der Waals surface area (Å²) in [4.78, 5) is 27.3. The van der Waals surface area contributed by atoms with E-state index in [0.29, 0.717) is 30.0 Å². The number of urea groups is 1. The lowest BCUT2D eigenvalue weighted by atomic mass is 9.80. The molecule has 0 spiro atoms. The fourth-order valence-corrected chi connectivity index (χ4v) is 6.23. The van der Waals surface area contributed by atoms with E-state index < -0.39 is 30.2 Å². The van der Waals surface area contributed by atoms with E-state index >= 15 is 0 Å². The second-order valence-corrected chi connectivity index (χ2v) is 11.6. The average Bonchev–Trinajstić information content (AvgIpc) is 3.49. The highest BCUT2D eigenvalue weighted by Gasteiger charge is 2.44. The zero-order valence-corrected chi connectivity index (χ0v) is 26.4. The Morgan fingerprint density at radius 1 is 0.872 bits per heavy atom. The molecular weight excluding hydrogens is 598 g/mol. The normalized spacial score (nSPS) is 21.2. The quantitative estimate of drug-likeness (QED) is 0.205.